The summed E-state index contributed by atoms with van der Waals surface area (Å²) in [5.41, 5.74) is 0.895. The number of hydrogen-bond donors (Lipinski definition) is 0. The van der Waals surface area contributed by atoms with Crippen LogP contribution in [0.15, 0.2) is 16.7 Å². The van der Waals surface area contributed by atoms with Gasteiger partial charge in [0, 0.05) is 13.1 Å². The summed E-state index contributed by atoms with van der Waals surface area (Å²) >= 11 is 3.30. The molecule has 4 heteroatoms. The van der Waals surface area contributed by atoms with E-state index in [-0.39, 0.29) is 0 Å². The van der Waals surface area contributed by atoms with E-state index >= 15 is 0 Å². The second kappa shape index (κ2) is 3.35. The Hall–Kier alpha value is -1.08. The van der Waals surface area contributed by atoms with Gasteiger partial charge in [-0.3, -0.25) is 4.68 Å². The Bertz CT molecular complexity index is 299. The largest absolute Gasteiger partial charge is 0.267 e. The lowest BCUT2D eigenvalue weighted by atomic mass is 10.4. The Morgan fingerprint density at radius 3 is 3.00 bits per heavy atom. The highest BCUT2D eigenvalue weighted by Crippen LogP contribution is 2.15. The van der Waals surface area contributed by atoms with Crippen molar-refractivity contribution < 1.29 is 0 Å². The molecule has 3 nitrogen and oxygen atoms in total. The van der Waals surface area contributed by atoms with Crippen LogP contribution in [0.2, 0.25) is 0 Å². The maximum atomic E-state index is 8.27. The van der Waals surface area contributed by atoms with Crippen LogP contribution >= 0.6 is 15.9 Å². The Morgan fingerprint density at radius 1 is 1.82 bits per heavy atom. The smallest absolute Gasteiger partial charge is 0.0912 e. The predicted octanol–water partition coefficient (Wildman–Crippen LogP) is 1.72. The maximum Gasteiger partial charge on any atom is 0.0912 e. The van der Waals surface area contributed by atoms with Crippen molar-refractivity contribution in [1.82, 2.24) is 9.78 Å². The van der Waals surface area contributed by atoms with E-state index in [0.717, 1.165) is 10.2 Å². The van der Waals surface area contributed by atoms with Gasteiger partial charge in [-0.1, -0.05) is 0 Å². The molecule has 0 atom stereocenters. The number of rotatable bonds is 1. The van der Waals surface area contributed by atoms with Gasteiger partial charge < -0.3 is 0 Å². The molecule has 0 aliphatic rings. The van der Waals surface area contributed by atoms with E-state index < -0.39 is 0 Å². The van der Waals surface area contributed by atoms with Crippen LogP contribution in [0.5, 0.6) is 0 Å². The van der Waals surface area contributed by atoms with Crippen molar-refractivity contribution in [3.05, 3.63) is 22.4 Å². The number of allylic oxidation sites excluding steroid dienone is 1. The summed E-state index contributed by atoms with van der Waals surface area (Å²) in [7, 11) is 1.82. The van der Waals surface area contributed by atoms with Gasteiger partial charge in [0.2, 0.25) is 0 Å². The number of aryl methyl sites for hydroxylation is 1. The van der Waals surface area contributed by atoms with Crippen molar-refractivity contribution in [2.24, 2.45) is 7.05 Å². The van der Waals surface area contributed by atoms with Gasteiger partial charge in [-0.05, 0) is 22.0 Å². The van der Waals surface area contributed by atoms with Crippen LogP contribution in [0, 0.1) is 11.3 Å². The quantitative estimate of drug-likeness (QED) is 0.665. The van der Waals surface area contributed by atoms with Gasteiger partial charge in [0.25, 0.3) is 0 Å². The molecule has 0 radical (unpaired) electrons. The first kappa shape index (κ1) is 8.02. The standard InChI is InChI=1S/C7H6BrN3/c1-11-7(3-2-4-9)6(8)5-10-11/h2-3,5H,1H3/b3-2+. The fourth-order valence-electron chi connectivity index (χ4n) is 0.724. The van der Waals surface area contributed by atoms with E-state index in [1.807, 2.05) is 13.1 Å². The molecule has 0 bridgehead atoms. The second-order valence-electron chi connectivity index (χ2n) is 1.96. The Morgan fingerprint density at radius 2 is 2.55 bits per heavy atom. The lowest BCUT2D eigenvalue weighted by molar-refractivity contribution is 0.759. The summed E-state index contributed by atoms with van der Waals surface area (Å²) in [6.07, 6.45) is 4.82. The molecule has 0 aliphatic carbocycles. The Labute approximate surface area is 73.1 Å². The zero-order chi connectivity index (χ0) is 8.27. The van der Waals surface area contributed by atoms with E-state index in [4.69, 9.17) is 5.26 Å². The Kier molecular flexibility index (Phi) is 2.44. The molecule has 0 N–H and O–H groups in total. The molecule has 0 saturated carbocycles. The van der Waals surface area contributed by atoms with E-state index in [2.05, 4.69) is 21.0 Å². The van der Waals surface area contributed by atoms with Crippen molar-refractivity contribution in [2.45, 2.75) is 0 Å². The van der Waals surface area contributed by atoms with E-state index in [0.29, 0.717) is 0 Å². The highest BCUT2D eigenvalue weighted by atomic mass is 79.9. The van der Waals surface area contributed by atoms with Crippen LogP contribution in [0.25, 0.3) is 6.08 Å². The maximum absolute atomic E-state index is 8.27. The van der Waals surface area contributed by atoms with Crippen molar-refractivity contribution in [2.75, 3.05) is 0 Å². The van der Waals surface area contributed by atoms with E-state index in [1.54, 1.807) is 17.0 Å². The Balaban J connectivity index is 3.03. The summed E-state index contributed by atoms with van der Waals surface area (Å²) in [5, 5.41) is 12.2. The first-order valence-corrected chi connectivity index (χ1v) is 3.78. The summed E-state index contributed by atoms with van der Waals surface area (Å²) in [4.78, 5) is 0. The highest BCUT2D eigenvalue weighted by molar-refractivity contribution is 9.10. The third-order valence-electron chi connectivity index (χ3n) is 1.25. The molecule has 0 saturated heterocycles. The topological polar surface area (TPSA) is 41.6 Å². The number of halogens is 1. The third kappa shape index (κ3) is 1.69. The molecule has 1 rings (SSSR count). The van der Waals surface area contributed by atoms with Crippen LogP contribution in [-0.2, 0) is 7.05 Å². The molecule has 1 heterocycles. The van der Waals surface area contributed by atoms with Crippen LogP contribution < -0.4 is 0 Å². The monoisotopic (exact) mass is 211 g/mol. The fraction of sp³-hybridized carbons (Fsp3) is 0.143. The minimum absolute atomic E-state index is 0.895. The lowest BCUT2D eigenvalue weighted by Gasteiger charge is -1.92. The predicted molar refractivity (Wildman–Crippen MR) is 45.6 cm³/mol. The molecule has 0 aromatic carbocycles. The molecule has 0 fully saturated rings. The summed E-state index contributed by atoms with van der Waals surface area (Å²) in [6.45, 7) is 0. The zero-order valence-corrected chi connectivity index (χ0v) is 7.54. The van der Waals surface area contributed by atoms with Gasteiger partial charge in [0.1, 0.15) is 0 Å². The summed E-state index contributed by atoms with van der Waals surface area (Å²) in [5.74, 6) is 0. The minimum Gasteiger partial charge on any atom is -0.267 e. The molecule has 0 unspecified atom stereocenters. The number of nitrogens with zero attached hydrogens (tertiary/aromatic N) is 3. The van der Waals surface area contributed by atoms with Gasteiger partial charge in [-0.15, -0.1) is 0 Å². The van der Waals surface area contributed by atoms with Gasteiger partial charge in [0.05, 0.1) is 22.4 Å². The molecular weight excluding hydrogens is 206 g/mol. The minimum atomic E-state index is 0.895. The fourth-order valence-corrected chi connectivity index (χ4v) is 1.20. The van der Waals surface area contributed by atoms with E-state index in [9.17, 15) is 0 Å². The van der Waals surface area contributed by atoms with Crippen LogP contribution in [0.1, 0.15) is 5.69 Å². The SMILES string of the molecule is Cn1ncc(Br)c1/C=C/C#N. The average molecular weight is 212 g/mol. The lowest BCUT2D eigenvalue weighted by Crippen LogP contribution is -1.91. The second-order valence-corrected chi connectivity index (χ2v) is 2.82. The van der Waals surface area contributed by atoms with Crippen LogP contribution in [-0.4, -0.2) is 9.78 Å². The summed E-state index contributed by atoms with van der Waals surface area (Å²) in [6, 6.07) is 1.92. The van der Waals surface area contributed by atoms with Crippen molar-refractivity contribution in [3.63, 3.8) is 0 Å². The highest BCUT2D eigenvalue weighted by Gasteiger charge is 1.99. The van der Waals surface area contributed by atoms with Crippen molar-refractivity contribution in [1.29, 1.82) is 5.26 Å². The van der Waals surface area contributed by atoms with Gasteiger partial charge in [0.15, 0.2) is 0 Å². The molecular formula is C7H6BrN3. The molecule has 11 heavy (non-hydrogen) atoms. The third-order valence-corrected chi connectivity index (χ3v) is 1.86. The average Bonchev–Trinajstić information content (AvgIpc) is 2.29. The van der Waals surface area contributed by atoms with Crippen LogP contribution in [0.4, 0.5) is 0 Å². The zero-order valence-electron chi connectivity index (χ0n) is 5.95. The van der Waals surface area contributed by atoms with Gasteiger partial charge in [-0.25, -0.2) is 0 Å². The van der Waals surface area contributed by atoms with Gasteiger partial charge >= 0.3 is 0 Å². The first-order valence-electron chi connectivity index (χ1n) is 2.99. The molecule has 56 valence electrons. The molecule has 1 aromatic heterocycles. The molecule has 0 spiro atoms. The molecule has 0 aliphatic heterocycles. The number of nitriles is 1. The van der Waals surface area contributed by atoms with Gasteiger partial charge in [-0.2, -0.15) is 10.4 Å². The number of hydrogen-bond acceptors (Lipinski definition) is 2. The number of aromatic nitrogens is 2. The van der Waals surface area contributed by atoms with Crippen molar-refractivity contribution >= 4 is 22.0 Å². The van der Waals surface area contributed by atoms with Crippen LogP contribution in [0.3, 0.4) is 0 Å². The first-order chi connectivity index (χ1) is 5.25. The molecule has 1 aromatic rings. The summed E-state index contributed by atoms with van der Waals surface area (Å²) < 4.78 is 2.59. The molecule has 0 amide bonds. The van der Waals surface area contributed by atoms with Crippen molar-refractivity contribution in [3.8, 4) is 6.07 Å². The normalized spacial score (nSPS) is 10.3. The van der Waals surface area contributed by atoms with E-state index in [1.165, 1.54) is 6.08 Å².